The maximum atomic E-state index is 11.3. The van der Waals surface area contributed by atoms with Gasteiger partial charge in [0.2, 0.25) is 0 Å². The van der Waals surface area contributed by atoms with E-state index in [1.807, 2.05) is 20.8 Å². The molecule has 0 saturated heterocycles. The van der Waals surface area contributed by atoms with E-state index in [0.717, 1.165) is 0 Å². The smallest absolute Gasteiger partial charge is 0.501 e. The van der Waals surface area contributed by atoms with Crippen molar-refractivity contribution in [3.05, 3.63) is 24.3 Å². The van der Waals surface area contributed by atoms with Crippen LogP contribution in [0.1, 0.15) is 20.8 Å². The van der Waals surface area contributed by atoms with Crippen molar-refractivity contribution in [1.82, 2.24) is 0 Å². The standard InChI is InChI=1S/C14H22BNO5/c1-14(2,3)10-19-15(21-13(17)9-16)20-12-7-5-6-11(8-12)18-4/h5-8H,9-10,16H2,1-4H3. The molecule has 0 saturated carbocycles. The van der Waals surface area contributed by atoms with Crippen LogP contribution in [0.15, 0.2) is 24.3 Å². The Kier molecular flexibility index (Phi) is 6.52. The molecule has 0 spiro atoms. The summed E-state index contributed by atoms with van der Waals surface area (Å²) in [5, 5.41) is 0. The summed E-state index contributed by atoms with van der Waals surface area (Å²) >= 11 is 0. The van der Waals surface area contributed by atoms with Crippen LogP contribution >= 0.6 is 0 Å². The van der Waals surface area contributed by atoms with Gasteiger partial charge >= 0.3 is 13.3 Å². The average molecular weight is 295 g/mol. The molecule has 7 heteroatoms. The van der Waals surface area contributed by atoms with Crippen LogP contribution in [0.25, 0.3) is 0 Å². The molecule has 1 aromatic carbocycles. The van der Waals surface area contributed by atoms with E-state index in [1.54, 1.807) is 31.4 Å². The van der Waals surface area contributed by atoms with E-state index >= 15 is 0 Å². The van der Waals surface area contributed by atoms with Crippen molar-refractivity contribution in [3.8, 4) is 11.5 Å². The Labute approximate surface area is 125 Å². The van der Waals surface area contributed by atoms with E-state index in [-0.39, 0.29) is 12.0 Å². The highest BCUT2D eigenvalue weighted by atomic mass is 16.7. The average Bonchev–Trinajstić information content (AvgIpc) is 2.44. The van der Waals surface area contributed by atoms with Crippen LogP contribution in [0.3, 0.4) is 0 Å². The summed E-state index contributed by atoms with van der Waals surface area (Å²) in [6.45, 7) is 6.12. The molecule has 21 heavy (non-hydrogen) atoms. The molecule has 0 unspecified atom stereocenters. The van der Waals surface area contributed by atoms with Crippen LogP contribution in [0.4, 0.5) is 0 Å². The van der Waals surface area contributed by atoms with Crippen LogP contribution in [0, 0.1) is 5.41 Å². The van der Waals surface area contributed by atoms with Crippen LogP contribution in [0.2, 0.25) is 0 Å². The Morgan fingerprint density at radius 2 is 1.95 bits per heavy atom. The van der Waals surface area contributed by atoms with Gasteiger partial charge in [0, 0.05) is 12.7 Å². The van der Waals surface area contributed by atoms with E-state index in [0.29, 0.717) is 18.1 Å². The minimum atomic E-state index is -1.15. The molecule has 1 rings (SSSR count). The van der Waals surface area contributed by atoms with E-state index in [2.05, 4.69) is 0 Å². The molecule has 0 amide bonds. The minimum Gasteiger partial charge on any atom is -0.501 e. The van der Waals surface area contributed by atoms with Gasteiger partial charge in [0.15, 0.2) is 0 Å². The number of carbonyl (C=O) groups excluding carboxylic acids is 1. The van der Waals surface area contributed by atoms with Gasteiger partial charge < -0.3 is 24.4 Å². The van der Waals surface area contributed by atoms with E-state index in [1.165, 1.54) is 0 Å². The van der Waals surface area contributed by atoms with Gasteiger partial charge in [-0.15, -0.1) is 0 Å². The number of ether oxygens (including phenoxy) is 1. The number of carbonyl (C=O) groups is 1. The van der Waals surface area contributed by atoms with Crippen LogP contribution in [0.5, 0.6) is 11.5 Å². The Bertz CT molecular complexity index is 461. The summed E-state index contributed by atoms with van der Waals surface area (Å²) in [7, 11) is 0.411. The zero-order chi connectivity index (χ0) is 15.9. The van der Waals surface area contributed by atoms with E-state index < -0.39 is 13.3 Å². The van der Waals surface area contributed by atoms with Gasteiger partial charge in [-0.25, -0.2) is 0 Å². The molecule has 0 aromatic heterocycles. The molecule has 0 aliphatic heterocycles. The fourth-order valence-electron chi connectivity index (χ4n) is 1.35. The lowest BCUT2D eigenvalue weighted by molar-refractivity contribution is -0.135. The topological polar surface area (TPSA) is 80.0 Å². The lowest BCUT2D eigenvalue weighted by atomic mass is 9.98. The van der Waals surface area contributed by atoms with Crippen LogP contribution in [-0.4, -0.2) is 33.6 Å². The van der Waals surface area contributed by atoms with Gasteiger partial charge in [-0.3, -0.25) is 4.79 Å². The predicted molar refractivity (Wildman–Crippen MR) is 79.9 cm³/mol. The summed E-state index contributed by atoms with van der Waals surface area (Å²) in [4.78, 5) is 11.3. The number of hydrogen-bond donors (Lipinski definition) is 1. The van der Waals surface area contributed by atoms with Gasteiger partial charge in [0.1, 0.15) is 11.5 Å². The first-order chi connectivity index (χ1) is 9.84. The summed E-state index contributed by atoms with van der Waals surface area (Å²) < 4.78 is 21.1. The molecule has 6 nitrogen and oxygen atoms in total. The lowest BCUT2D eigenvalue weighted by Crippen LogP contribution is -2.37. The van der Waals surface area contributed by atoms with Crippen LogP contribution in [-0.2, 0) is 14.1 Å². The summed E-state index contributed by atoms with van der Waals surface area (Å²) in [5.41, 5.74) is 5.14. The molecular weight excluding hydrogens is 273 g/mol. The first-order valence-electron chi connectivity index (χ1n) is 6.66. The zero-order valence-corrected chi connectivity index (χ0v) is 12.9. The van der Waals surface area contributed by atoms with Gasteiger partial charge in [-0.2, -0.15) is 0 Å². The first-order valence-corrected chi connectivity index (χ1v) is 6.66. The number of nitrogens with two attached hydrogens (primary N) is 1. The van der Waals surface area contributed by atoms with Gasteiger partial charge in [0.05, 0.1) is 13.7 Å². The Morgan fingerprint density at radius 1 is 1.29 bits per heavy atom. The van der Waals surface area contributed by atoms with Crippen molar-refractivity contribution in [1.29, 1.82) is 0 Å². The van der Waals surface area contributed by atoms with E-state index in [4.69, 9.17) is 24.4 Å². The molecule has 0 heterocycles. The Morgan fingerprint density at radius 3 is 2.52 bits per heavy atom. The third-order valence-electron chi connectivity index (χ3n) is 2.32. The normalized spacial score (nSPS) is 10.9. The summed E-state index contributed by atoms with van der Waals surface area (Å²) in [6.07, 6.45) is 0. The molecular formula is C14H22BNO5. The first kappa shape index (κ1) is 17.3. The van der Waals surface area contributed by atoms with Gasteiger partial charge in [-0.1, -0.05) is 26.8 Å². The van der Waals surface area contributed by atoms with E-state index in [9.17, 15) is 4.79 Å². The molecule has 116 valence electrons. The van der Waals surface area contributed by atoms with Gasteiger partial charge in [0.25, 0.3) is 0 Å². The van der Waals surface area contributed by atoms with Gasteiger partial charge in [-0.05, 0) is 17.5 Å². The summed E-state index contributed by atoms with van der Waals surface area (Å²) in [6, 6.07) is 6.93. The molecule has 2 N–H and O–H groups in total. The monoisotopic (exact) mass is 295 g/mol. The largest absolute Gasteiger partial charge is 0.790 e. The second kappa shape index (κ2) is 7.90. The quantitative estimate of drug-likeness (QED) is 0.770. The Balaban J connectivity index is 2.72. The highest BCUT2D eigenvalue weighted by Gasteiger charge is 2.31. The zero-order valence-electron chi connectivity index (χ0n) is 12.9. The third-order valence-corrected chi connectivity index (χ3v) is 2.32. The highest BCUT2D eigenvalue weighted by molar-refractivity contribution is 6.40. The number of methoxy groups -OCH3 is 1. The third kappa shape index (κ3) is 7.01. The minimum absolute atomic E-state index is 0.0922. The SMILES string of the molecule is COc1cccc(OB(OCC(C)(C)C)OC(=O)CN)c1. The van der Waals surface area contributed by atoms with Crippen molar-refractivity contribution >= 4 is 13.3 Å². The second-order valence-electron chi connectivity index (χ2n) is 5.65. The number of hydrogen-bond acceptors (Lipinski definition) is 6. The molecule has 0 radical (unpaired) electrons. The summed E-state index contributed by atoms with van der Waals surface area (Å²) in [5.74, 6) is 0.502. The molecule has 1 aromatic rings. The molecule has 0 aliphatic carbocycles. The lowest BCUT2D eigenvalue weighted by Gasteiger charge is -2.21. The van der Waals surface area contributed by atoms with Crippen molar-refractivity contribution < 1.29 is 23.5 Å². The maximum absolute atomic E-state index is 11.3. The molecule has 0 atom stereocenters. The Hall–Kier alpha value is -1.73. The fourth-order valence-corrected chi connectivity index (χ4v) is 1.35. The maximum Gasteiger partial charge on any atom is 0.790 e. The van der Waals surface area contributed by atoms with Crippen LogP contribution < -0.4 is 15.1 Å². The molecule has 0 fully saturated rings. The number of benzene rings is 1. The second-order valence-corrected chi connectivity index (χ2v) is 5.65. The van der Waals surface area contributed by atoms with Crippen molar-refractivity contribution in [2.24, 2.45) is 11.1 Å². The van der Waals surface area contributed by atoms with Crippen molar-refractivity contribution in [3.63, 3.8) is 0 Å². The highest BCUT2D eigenvalue weighted by Crippen LogP contribution is 2.20. The van der Waals surface area contributed by atoms with Crippen molar-refractivity contribution in [2.45, 2.75) is 20.8 Å². The predicted octanol–water partition coefficient (Wildman–Crippen LogP) is 1.62. The van der Waals surface area contributed by atoms with Crippen molar-refractivity contribution in [2.75, 3.05) is 20.3 Å². The molecule has 0 bridgehead atoms. The fraction of sp³-hybridized carbons (Fsp3) is 0.500. The molecule has 0 aliphatic rings. The number of rotatable bonds is 7.